The normalized spacial score (nSPS) is 12.3. The molecule has 1 atom stereocenters. The molecule has 2 N–H and O–H groups in total. The third-order valence-corrected chi connectivity index (χ3v) is 4.65. The maximum absolute atomic E-state index is 10.9. The van der Waals surface area contributed by atoms with Crippen LogP contribution in [-0.4, -0.2) is 17.6 Å². The lowest BCUT2D eigenvalue weighted by molar-refractivity contribution is -0.138. The van der Waals surface area contributed by atoms with E-state index in [4.69, 9.17) is 16.7 Å². The van der Waals surface area contributed by atoms with Crippen LogP contribution in [0.25, 0.3) is 0 Å². The van der Waals surface area contributed by atoms with Crippen LogP contribution >= 0.6 is 22.9 Å². The Labute approximate surface area is 133 Å². The van der Waals surface area contributed by atoms with Crippen molar-refractivity contribution >= 4 is 28.9 Å². The maximum atomic E-state index is 10.9. The zero-order valence-electron chi connectivity index (χ0n) is 11.8. The van der Waals surface area contributed by atoms with Gasteiger partial charge in [0.15, 0.2) is 0 Å². The summed E-state index contributed by atoms with van der Waals surface area (Å²) in [7, 11) is 0. The van der Waals surface area contributed by atoms with Gasteiger partial charge in [-0.3, -0.25) is 4.79 Å². The highest BCUT2D eigenvalue weighted by molar-refractivity contribution is 7.16. The summed E-state index contributed by atoms with van der Waals surface area (Å²) in [5.74, 6) is -1.26. The Morgan fingerprint density at radius 1 is 1.29 bits per heavy atom. The molecular weight excluding hydrogens is 306 g/mol. The Bertz CT molecular complexity index is 595. The maximum Gasteiger partial charge on any atom is 0.310 e. The van der Waals surface area contributed by atoms with Crippen molar-refractivity contribution in [3.8, 4) is 0 Å². The van der Waals surface area contributed by atoms with Crippen LogP contribution in [0.2, 0.25) is 4.34 Å². The second-order valence-electron chi connectivity index (χ2n) is 4.93. The van der Waals surface area contributed by atoms with Crippen LogP contribution < -0.4 is 5.32 Å². The van der Waals surface area contributed by atoms with E-state index < -0.39 is 11.9 Å². The van der Waals surface area contributed by atoms with Gasteiger partial charge in [-0.15, -0.1) is 11.3 Å². The Hall–Kier alpha value is -1.36. The predicted octanol–water partition coefficient (Wildman–Crippen LogP) is 3.92. The van der Waals surface area contributed by atoms with Gasteiger partial charge in [-0.1, -0.05) is 35.9 Å². The quantitative estimate of drug-likeness (QED) is 0.759. The van der Waals surface area contributed by atoms with Gasteiger partial charge >= 0.3 is 5.97 Å². The average Bonchev–Trinajstić information content (AvgIpc) is 2.89. The number of carbonyl (C=O) groups is 1. The number of benzene rings is 1. The minimum Gasteiger partial charge on any atom is -0.481 e. The smallest absolute Gasteiger partial charge is 0.310 e. The fourth-order valence-corrected chi connectivity index (χ4v) is 3.08. The van der Waals surface area contributed by atoms with Gasteiger partial charge in [0.05, 0.1) is 10.3 Å². The fraction of sp³-hybridized carbons (Fsp3) is 0.312. The number of carboxylic acid groups (broad SMARTS) is 1. The first kappa shape index (κ1) is 16.0. The van der Waals surface area contributed by atoms with E-state index in [0.717, 1.165) is 35.0 Å². The lowest BCUT2D eigenvalue weighted by atomic mass is 10.0. The molecule has 1 heterocycles. The summed E-state index contributed by atoms with van der Waals surface area (Å²) < 4.78 is 0.827. The van der Waals surface area contributed by atoms with Gasteiger partial charge in [0, 0.05) is 18.0 Å². The third-order valence-electron chi connectivity index (χ3n) is 3.36. The molecule has 2 aromatic rings. The molecule has 5 heteroatoms. The minimum absolute atomic E-state index is 0.462. The number of hydrogen-bond donors (Lipinski definition) is 2. The van der Waals surface area contributed by atoms with Crippen molar-refractivity contribution in [1.82, 2.24) is 5.32 Å². The van der Waals surface area contributed by atoms with E-state index in [-0.39, 0.29) is 0 Å². The molecule has 0 saturated heterocycles. The summed E-state index contributed by atoms with van der Waals surface area (Å²) in [6, 6.07) is 11.7. The molecule has 1 aromatic heterocycles. The topological polar surface area (TPSA) is 49.3 Å². The van der Waals surface area contributed by atoms with Crippen LogP contribution in [0.3, 0.4) is 0 Å². The number of thiophene rings is 1. The first-order chi connectivity index (χ1) is 10.1. The van der Waals surface area contributed by atoms with E-state index in [1.807, 2.05) is 30.3 Å². The molecular formula is C16H18ClNO2S. The number of rotatable bonds is 7. The van der Waals surface area contributed by atoms with Crippen molar-refractivity contribution in [2.24, 2.45) is 0 Å². The molecule has 112 valence electrons. The summed E-state index contributed by atoms with van der Waals surface area (Å²) in [6.07, 6.45) is 0.964. The van der Waals surface area contributed by atoms with Gasteiger partial charge in [0.2, 0.25) is 0 Å². The Balaban J connectivity index is 1.77. The van der Waals surface area contributed by atoms with Crippen molar-refractivity contribution < 1.29 is 9.90 Å². The molecule has 0 amide bonds. The second-order valence-corrected chi connectivity index (χ2v) is 6.73. The highest BCUT2D eigenvalue weighted by Gasteiger charge is 2.12. The SMILES string of the molecule is CC(C(=O)O)c1ccc(CNCCc2ccc(Cl)s2)cc1. The number of aliphatic carboxylic acids is 1. The highest BCUT2D eigenvalue weighted by atomic mass is 35.5. The molecule has 1 aromatic carbocycles. The predicted molar refractivity (Wildman–Crippen MR) is 87.2 cm³/mol. The van der Waals surface area contributed by atoms with Crippen LogP contribution in [-0.2, 0) is 17.8 Å². The Morgan fingerprint density at radius 3 is 2.57 bits per heavy atom. The first-order valence-corrected chi connectivity index (χ1v) is 8.02. The van der Waals surface area contributed by atoms with Crippen molar-refractivity contribution in [3.05, 3.63) is 56.7 Å². The molecule has 2 rings (SSSR count). The van der Waals surface area contributed by atoms with Crippen molar-refractivity contribution in [1.29, 1.82) is 0 Å². The van der Waals surface area contributed by atoms with E-state index in [2.05, 4.69) is 11.4 Å². The van der Waals surface area contributed by atoms with E-state index in [1.165, 1.54) is 4.88 Å². The minimum atomic E-state index is -0.796. The molecule has 0 radical (unpaired) electrons. The molecule has 0 aliphatic rings. The average molecular weight is 324 g/mol. The van der Waals surface area contributed by atoms with E-state index in [9.17, 15) is 4.79 Å². The molecule has 0 saturated carbocycles. The molecule has 1 unspecified atom stereocenters. The fourth-order valence-electron chi connectivity index (χ4n) is 2.00. The standard InChI is InChI=1S/C16H18ClNO2S/c1-11(16(19)20)13-4-2-12(3-5-13)10-18-9-8-14-6-7-15(17)21-14/h2-7,11,18H,8-10H2,1H3,(H,19,20). The molecule has 0 spiro atoms. The van der Waals surface area contributed by atoms with E-state index >= 15 is 0 Å². The molecule has 0 aliphatic carbocycles. The van der Waals surface area contributed by atoms with E-state index in [0.29, 0.717) is 0 Å². The van der Waals surface area contributed by atoms with Gasteiger partial charge in [-0.05, 0) is 36.6 Å². The monoisotopic (exact) mass is 323 g/mol. The Morgan fingerprint density at radius 2 is 2.00 bits per heavy atom. The van der Waals surface area contributed by atoms with Crippen LogP contribution in [0.15, 0.2) is 36.4 Å². The van der Waals surface area contributed by atoms with Gasteiger partial charge in [0.1, 0.15) is 0 Å². The summed E-state index contributed by atoms with van der Waals surface area (Å²) in [5.41, 5.74) is 1.99. The summed E-state index contributed by atoms with van der Waals surface area (Å²) in [4.78, 5) is 12.2. The van der Waals surface area contributed by atoms with Gasteiger partial charge in [-0.25, -0.2) is 0 Å². The Kier molecular flexibility index (Phi) is 5.79. The number of carboxylic acids is 1. The van der Waals surface area contributed by atoms with Crippen LogP contribution in [0.1, 0.15) is 28.8 Å². The van der Waals surface area contributed by atoms with E-state index in [1.54, 1.807) is 18.3 Å². The molecule has 0 fully saturated rings. The van der Waals surface area contributed by atoms with Crippen molar-refractivity contribution in [2.45, 2.75) is 25.8 Å². The first-order valence-electron chi connectivity index (χ1n) is 6.83. The molecule has 21 heavy (non-hydrogen) atoms. The second kappa shape index (κ2) is 7.59. The lowest BCUT2D eigenvalue weighted by Crippen LogP contribution is -2.16. The third kappa shape index (κ3) is 4.84. The van der Waals surface area contributed by atoms with Crippen molar-refractivity contribution in [2.75, 3.05) is 6.54 Å². The lowest BCUT2D eigenvalue weighted by Gasteiger charge is -2.08. The number of hydrogen-bond acceptors (Lipinski definition) is 3. The highest BCUT2D eigenvalue weighted by Crippen LogP contribution is 2.21. The zero-order chi connectivity index (χ0) is 15.2. The molecule has 0 aliphatic heterocycles. The van der Waals surface area contributed by atoms with Gasteiger partial charge < -0.3 is 10.4 Å². The van der Waals surface area contributed by atoms with Gasteiger partial charge in [0.25, 0.3) is 0 Å². The summed E-state index contributed by atoms with van der Waals surface area (Å²) >= 11 is 7.50. The molecule has 0 bridgehead atoms. The summed E-state index contributed by atoms with van der Waals surface area (Å²) in [6.45, 7) is 3.37. The largest absolute Gasteiger partial charge is 0.481 e. The van der Waals surface area contributed by atoms with Crippen molar-refractivity contribution in [3.63, 3.8) is 0 Å². The van der Waals surface area contributed by atoms with Crippen LogP contribution in [0.4, 0.5) is 0 Å². The van der Waals surface area contributed by atoms with Crippen LogP contribution in [0, 0.1) is 0 Å². The number of halogens is 1. The van der Waals surface area contributed by atoms with Crippen LogP contribution in [0.5, 0.6) is 0 Å². The number of nitrogens with one attached hydrogen (secondary N) is 1. The van der Waals surface area contributed by atoms with Gasteiger partial charge in [-0.2, -0.15) is 0 Å². The summed E-state index contributed by atoms with van der Waals surface area (Å²) in [5, 5.41) is 12.3. The molecule has 3 nitrogen and oxygen atoms in total. The zero-order valence-corrected chi connectivity index (χ0v) is 13.4.